The molecule has 0 aromatic heterocycles. The molecule has 30 heavy (non-hydrogen) atoms. The second-order valence-electron chi connectivity index (χ2n) is 8.45. The summed E-state index contributed by atoms with van der Waals surface area (Å²) in [6.07, 6.45) is 5.96. The summed E-state index contributed by atoms with van der Waals surface area (Å²) in [5.74, 6) is -1.05. The molecular weight excluding hydrogens is 406 g/mol. The normalized spacial score (nSPS) is 24.0. The van der Waals surface area contributed by atoms with Gasteiger partial charge in [0.05, 0.1) is 12.8 Å². The molecule has 1 aromatic carbocycles. The second kappa shape index (κ2) is 8.47. The summed E-state index contributed by atoms with van der Waals surface area (Å²) in [6, 6.07) is 6.54. The van der Waals surface area contributed by atoms with Crippen LogP contribution in [0.2, 0.25) is 0 Å². The van der Waals surface area contributed by atoms with Crippen molar-refractivity contribution in [3.63, 3.8) is 0 Å². The van der Waals surface area contributed by atoms with E-state index < -0.39 is 21.5 Å². The van der Waals surface area contributed by atoms with Gasteiger partial charge in [-0.25, -0.2) is 8.42 Å². The molecule has 0 spiro atoms. The standard InChI is InChI=1S/C21H29N3O5S/c1-15(25)16-8-7-11-18(12-16)24-19(26)13-23(30(3,28)29)14-21(24,2)20(27)22-17-9-5-4-6-10-17/h7-8,11-12,17H,4-6,9-10,13-14H2,1-3H3,(H,22,27)/t21-/m1/s1. The van der Waals surface area contributed by atoms with Crippen LogP contribution in [-0.2, 0) is 19.6 Å². The van der Waals surface area contributed by atoms with Gasteiger partial charge in [-0.15, -0.1) is 0 Å². The molecule has 1 N–H and O–H groups in total. The first kappa shape index (κ1) is 22.4. The van der Waals surface area contributed by atoms with Gasteiger partial charge in [0, 0.05) is 23.8 Å². The number of nitrogens with one attached hydrogen (secondary N) is 1. The number of amides is 2. The van der Waals surface area contributed by atoms with Crippen LogP contribution in [0.4, 0.5) is 5.69 Å². The van der Waals surface area contributed by atoms with Gasteiger partial charge in [0.1, 0.15) is 5.54 Å². The van der Waals surface area contributed by atoms with Gasteiger partial charge in [0.25, 0.3) is 0 Å². The highest BCUT2D eigenvalue weighted by Gasteiger charge is 2.50. The molecule has 1 aromatic rings. The van der Waals surface area contributed by atoms with Gasteiger partial charge in [0.2, 0.25) is 21.8 Å². The van der Waals surface area contributed by atoms with Gasteiger partial charge in [-0.2, -0.15) is 4.31 Å². The lowest BCUT2D eigenvalue weighted by Gasteiger charge is -2.47. The maximum absolute atomic E-state index is 13.4. The zero-order chi connectivity index (χ0) is 22.1. The van der Waals surface area contributed by atoms with Crippen LogP contribution in [0.15, 0.2) is 24.3 Å². The lowest BCUT2D eigenvalue weighted by atomic mass is 9.91. The van der Waals surface area contributed by atoms with E-state index in [9.17, 15) is 22.8 Å². The van der Waals surface area contributed by atoms with Gasteiger partial charge in [0.15, 0.2) is 5.78 Å². The van der Waals surface area contributed by atoms with E-state index in [1.54, 1.807) is 31.2 Å². The number of Topliss-reactive ketones (excluding diaryl/α,β-unsaturated/α-hetero) is 1. The molecule has 0 unspecified atom stereocenters. The SMILES string of the molecule is CC(=O)c1cccc(N2C(=O)CN(S(C)(=O)=O)C[C@]2(C)C(=O)NC2CCCCC2)c1. The van der Waals surface area contributed by atoms with Crippen molar-refractivity contribution in [2.24, 2.45) is 0 Å². The van der Waals surface area contributed by atoms with Crippen LogP contribution in [0.25, 0.3) is 0 Å². The average molecular weight is 436 g/mol. The molecule has 2 fully saturated rings. The molecular formula is C21H29N3O5S. The van der Waals surface area contributed by atoms with Crippen molar-refractivity contribution >= 4 is 33.3 Å². The Morgan fingerprint density at radius 1 is 1.17 bits per heavy atom. The Kier molecular flexibility index (Phi) is 6.33. The third-order valence-electron chi connectivity index (χ3n) is 5.95. The minimum atomic E-state index is -3.67. The highest BCUT2D eigenvalue weighted by molar-refractivity contribution is 7.88. The highest BCUT2D eigenvalue weighted by atomic mass is 32.2. The molecule has 2 aliphatic rings. The molecule has 3 rings (SSSR count). The Bertz CT molecular complexity index is 955. The minimum Gasteiger partial charge on any atom is -0.351 e. The van der Waals surface area contributed by atoms with E-state index >= 15 is 0 Å². The van der Waals surface area contributed by atoms with Crippen molar-refractivity contribution in [1.82, 2.24) is 9.62 Å². The van der Waals surface area contributed by atoms with Gasteiger partial charge >= 0.3 is 0 Å². The van der Waals surface area contributed by atoms with Crippen molar-refractivity contribution in [3.05, 3.63) is 29.8 Å². The number of anilines is 1. The quantitative estimate of drug-likeness (QED) is 0.709. The van der Waals surface area contributed by atoms with Gasteiger partial charge in [-0.1, -0.05) is 31.4 Å². The van der Waals surface area contributed by atoms with Gasteiger partial charge in [-0.05, 0) is 38.8 Å². The van der Waals surface area contributed by atoms with Gasteiger partial charge < -0.3 is 5.32 Å². The number of benzene rings is 1. The predicted molar refractivity (Wildman–Crippen MR) is 114 cm³/mol. The number of ketones is 1. The van der Waals surface area contributed by atoms with Gasteiger partial charge in [-0.3, -0.25) is 19.3 Å². The number of rotatable bonds is 5. The largest absolute Gasteiger partial charge is 0.351 e. The third-order valence-corrected chi connectivity index (χ3v) is 7.14. The average Bonchev–Trinajstić information content (AvgIpc) is 2.67. The lowest BCUT2D eigenvalue weighted by molar-refractivity contribution is -0.133. The zero-order valence-corrected chi connectivity index (χ0v) is 18.5. The molecule has 9 heteroatoms. The van der Waals surface area contributed by atoms with Crippen molar-refractivity contribution < 1.29 is 22.8 Å². The van der Waals surface area contributed by atoms with Crippen LogP contribution >= 0.6 is 0 Å². The molecule has 0 radical (unpaired) electrons. The summed E-state index contributed by atoms with van der Waals surface area (Å²) >= 11 is 0. The van der Waals surface area contributed by atoms with Crippen LogP contribution in [0.1, 0.15) is 56.3 Å². The van der Waals surface area contributed by atoms with E-state index in [1.165, 1.54) is 11.8 Å². The molecule has 2 amide bonds. The Morgan fingerprint density at radius 3 is 2.43 bits per heavy atom. The van der Waals surface area contributed by atoms with E-state index in [1.807, 2.05) is 0 Å². The van der Waals surface area contributed by atoms with E-state index in [-0.39, 0.29) is 30.8 Å². The van der Waals surface area contributed by atoms with Crippen molar-refractivity contribution in [3.8, 4) is 0 Å². The minimum absolute atomic E-state index is 0.0113. The number of carbonyl (C=O) groups is 3. The highest BCUT2D eigenvalue weighted by Crippen LogP contribution is 2.32. The molecule has 1 aliphatic heterocycles. The summed E-state index contributed by atoms with van der Waals surface area (Å²) in [5, 5.41) is 3.04. The monoisotopic (exact) mass is 435 g/mol. The predicted octanol–water partition coefficient (Wildman–Crippen LogP) is 1.70. The van der Waals surface area contributed by atoms with E-state index in [2.05, 4.69) is 5.32 Å². The Balaban J connectivity index is 2.01. The number of hydrogen-bond donors (Lipinski definition) is 1. The Morgan fingerprint density at radius 2 is 1.83 bits per heavy atom. The van der Waals surface area contributed by atoms with Crippen LogP contribution in [-0.4, -0.2) is 61.2 Å². The first-order valence-electron chi connectivity index (χ1n) is 10.2. The Labute approximate surface area is 177 Å². The molecule has 8 nitrogen and oxygen atoms in total. The van der Waals surface area contributed by atoms with Crippen molar-refractivity contribution in [1.29, 1.82) is 0 Å². The maximum atomic E-state index is 13.4. The summed E-state index contributed by atoms with van der Waals surface area (Å²) in [4.78, 5) is 39.7. The van der Waals surface area contributed by atoms with E-state index in [4.69, 9.17) is 0 Å². The number of sulfonamides is 1. The number of hydrogen-bond acceptors (Lipinski definition) is 5. The number of carbonyl (C=O) groups excluding carboxylic acids is 3. The molecule has 0 bridgehead atoms. The van der Waals surface area contributed by atoms with Crippen LogP contribution in [0.3, 0.4) is 0 Å². The fourth-order valence-corrected chi connectivity index (χ4v) is 5.09. The smallest absolute Gasteiger partial charge is 0.247 e. The molecule has 1 saturated heterocycles. The fourth-order valence-electron chi connectivity index (χ4n) is 4.26. The third kappa shape index (κ3) is 4.57. The van der Waals surface area contributed by atoms with Crippen LogP contribution < -0.4 is 10.2 Å². The summed E-state index contributed by atoms with van der Waals surface area (Å²) < 4.78 is 25.4. The lowest BCUT2D eigenvalue weighted by Crippen LogP contribution is -2.70. The van der Waals surface area contributed by atoms with E-state index in [0.29, 0.717) is 11.3 Å². The number of nitrogens with zero attached hydrogens (tertiary/aromatic N) is 2. The zero-order valence-electron chi connectivity index (χ0n) is 17.7. The van der Waals surface area contributed by atoms with Crippen molar-refractivity contribution in [2.75, 3.05) is 24.2 Å². The van der Waals surface area contributed by atoms with Crippen LogP contribution in [0.5, 0.6) is 0 Å². The second-order valence-corrected chi connectivity index (χ2v) is 10.4. The van der Waals surface area contributed by atoms with Crippen molar-refractivity contribution in [2.45, 2.75) is 57.5 Å². The first-order chi connectivity index (χ1) is 14.0. The van der Waals surface area contributed by atoms with E-state index in [0.717, 1.165) is 42.7 Å². The maximum Gasteiger partial charge on any atom is 0.247 e. The molecule has 1 heterocycles. The number of piperazine rings is 1. The fraction of sp³-hybridized carbons (Fsp3) is 0.571. The molecule has 164 valence electrons. The molecule has 1 saturated carbocycles. The summed E-state index contributed by atoms with van der Waals surface area (Å²) in [5.41, 5.74) is -0.617. The molecule has 1 atom stereocenters. The molecule has 1 aliphatic carbocycles. The van der Waals surface area contributed by atoms with Crippen LogP contribution in [0, 0.1) is 0 Å². The first-order valence-corrected chi connectivity index (χ1v) is 12.1. The summed E-state index contributed by atoms with van der Waals surface area (Å²) in [6.45, 7) is 2.51. The topological polar surface area (TPSA) is 104 Å². The summed E-state index contributed by atoms with van der Waals surface area (Å²) in [7, 11) is -3.67. The Hall–Kier alpha value is -2.26.